The number of fused-ring (bicyclic) bond motifs is 1. The maximum atomic E-state index is 5.76. The van der Waals surface area contributed by atoms with Gasteiger partial charge < -0.3 is 14.8 Å². The maximum Gasteiger partial charge on any atom is 0.161 e. The van der Waals surface area contributed by atoms with Gasteiger partial charge in [-0.1, -0.05) is 6.07 Å². The molecule has 1 N–H and O–H groups in total. The van der Waals surface area contributed by atoms with Crippen LogP contribution in [0.3, 0.4) is 0 Å². The van der Waals surface area contributed by atoms with Gasteiger partial charge in [0.25, 0.3) is 0 Å². The summed E-state index contributed by atoms with van der Waals surface area (Å²) in [6.07, 6.45) is 2.73. The Morgan fingerprint density at radius 3 is 2.70 bits per heavy atom. The molecule has 1 aliphatic rings. The highest BCUT2D eigenvalue weighted by Gasteiger charge is 2.18. The molecule has 0 bridgehead atoms. The topological polar surface area (TPSA) is 48.3 Å². The molecule has 1 aromatic carbocycles. The van der Waals surface area contributed by atoms with Gasteiger partial charge in [-0.05, 0) is 30.8 Å². The molecule has 0 fully saturated rings. The normalized spacial score (nSPS) is 15.7. The van der Waals surface area contributed by atoms with Gasteiger partial charge in [-0.2, -0.15) is 5.10 Å². The minimum absolute atomic E-state index is 0.0830. The molecule has 0 aliphatic carbocycles. The summed E-state index contributed by atoms with van der Waals surface area (Å²) in [5, 5.41) is 7.56. The smallest absolute Gasteiger partial charge is 0.161 e. The van der Waals surface area contributed by atoms with Crippen LogP contribution in [0, 0.1) is 0 Å². The van der Waals surface area contributed by atoms with Gasteiger partial charge in [0.1, 0.15) is 0 Å². The second-order valence-electron chi connectivity index (χ2n) is 4.86. The van der Waals surface area contributed by atoms with E-state index in [9.17, 15) is 0 Å². The minimum Gasteiger partial charge on any atom is -0.490 e. The van der Waals surface area contributed by atoms with E-state index in [0.717, 1.165) is 29.2 Å². The summed E-state index contributed by atoms with van der Waals surface area (Å²) in [5.41, 5.74) is 2.25. The molecule has 1 unspecified atom stereocenters. The van der Waals surface area contributed by atoms with E-state index in [1.54, 1.807) is 0 Å². The Labute approximate surface area is 118 Å². The van der Waals surface area contributed by atoms with Gasteiger partial charge in [0.05, 0.1) is 24.9 Å². The lowest BCUT2D eigenvalue weighted by atomic mass is 10.0. The van der Waals surface area contributed by atoms with Crippen LogP contribution in [0.25, 0.3) is 0 Å². The average molecular weight is 273 g/mol. The van der Waals surface area contributed by atoms with Crippen LogP contribution >= 0.6 is 0 Å². The van der Waals surface area contributed by atoms with Crippen LogP contribution in [0.15, 0.2) is 30.5 Å². The molecule has 0 saturated heterocycles. The lowest BCUT2D eigenvalue weighted by Gasteiger charge is -2.18. The molecule has 0 radical (unpaired) electrons. The van der Waals surface area contributed by atoms with Gasteiger partial charge in [0.15, 0.2) is 11.5 Å². The number of aromatic nitrogens is 2. The van der Waals surface area contributed by atoms with E-state index < -0.39 is 0 Å². The number of nitrogens with one attached hydrogen (secondary N) is 1. The largest absolute Gasteiger partial charge is 0.490 e. The summed E-state index contributed by atoms with van der Waals surface area (Å²) in [5.74, 6) is 1.65. The van der Waals surface area contributed by atoms with Crippen molar-refractivity contribution >= 4 is 0 Å². The second kappa shape index (κ2) is 5.54. The Kier molecular flexibility index (Phi) is 3.60. The van der Waals surface area contributed by atoms with Gasteiger partial charge in [-0.25, -0.2) is 0 Å². The van der Waals surface area contributed by atoms with E-state index in [4.69, 9.17) is 9.47 Å². The van der Waals surface area contributed by atoms with Crippen molar-refractivity contribution in [1.82, 2.24) is 15.1 Å². The zero-order valence-electron chi connectivity index (χ0n) is 11.8. The van der Waals surface area contributed by atoms with Crippen molar-refractivity contribution in [1.29, 1.82) is 0 Å². The van der Waals surface area contributed by atoms with Gasteiger partial charge in [0, 0.05) is 19.7 Å². The number of hydrogen-bond donors (Lipinski definition) is 1. The van der Waals surface area contributed by atoms with E-state index in [-0.39, 0.29) is 6.04 Å². The molecule has 1 aromatic heterocycles. The Hall–Kier alpha value is -2.01. The lowest BCUT2D eigenvalue weighted by molar-refractivity contribution is 0.297. The van der Waals surface area contributed by atoms with E-state index >= 15 is 0 Å². The molecule has 20 heavy (non-hydrogen) atoms. The molecule has 5 heteroatoms. The van der Waals surface area contributed by atoms with Gasteiger partial charge in [0.2, 0.25) is 0 Å². The molecule has 0 amide bonds. The highest BCUT2D eigenvalue weighted by Crippen LogP contribution is 2.33. The first-order valence-electron chi connectivity index (χ1n) is 6.84. The third kappa shape index (κ3) is 2.36. The van der Waals surface area contributed by atoms with Crippen LogP contribution in [0.2, 0.25) is 0 Å². The van der Waals surface area contributed by atoms with E-state index in [0.29, 0.717) is 13.2 Å². The highest BCUT2D eigenvalue weighted by molar-refractivity contribution is 5.45. The Balaban J connectivity index is 1.96. The fourth-order valence-corrected chi connectivity index (χ4v) is 2.51. The number of benzene rings is 1. The predicted molar refractivity (Wildman–Crippen MR) is 76.2 cm³/mol. The Bertz CT molecular complexity index is 595. The van der Waals surface area contributed by atoms with Crippen molar-refractivity contribution in [2.75, 3.05) is 20.3 Å². The van der Waals surface area contributed by atoms with Gasteiger partial charge in [-0.3, -0.25) is 4.68 Å². The van der Waals surface area contributed by atoms with Crippen molar-refractivity contribution in [3.8, 4) is 11.5 Å². The average Bonchev–Trinajstić information content (AvgIpc) is 2.75. The van der Waals surface area contributed by atoms with Crippen LogP contribution in [0.4, 0.5) is 0 Å². The third-order valence-corrected chi connectivity index (χ3v) is 3.55. The van der Waals surface area contributed by atoms with Crippen LogP contribution < -0.4 is 14.8 Å². The summed E-state index contributed by atoms with van der Waals surface area (Å²) in [6, 6.07) is 8.21. The molecule has 2 heterocycles. The zero-order chi connectivity index (χ0) is 13.9. The van der Waals surface area contributed by atoms with Crippen molar-refractivity contribution in [3.05, 3.63) is 41.7 Å². The molecular weight excluding hydrogens is 254 g/mol. The Morgan fingerprint density at radius 1 is 1.20 bits per heavy atom. The zero-order valence-corrected chi connectivity index (χ0v) is 11.8. The number of ether oxygens (including phenoxy) is 2. The highest BCUT2D eigenvalue weighted by atomic mass is 16.5. The maximum absolute atomic E-state index is 5.76. The van der Waals surface area contributed by atoms with Crippen molar-refractivity contribution in [2.45, 2.75) is 12.5 Å². The third-order valence-electron chi connectivity index (χ3n) is 3.55. The molecule has 2 aromatic rings. The molecule has 0 saturated carbocycles. The van der Waals surface area contributed by atoms with Gasteiger partial charge >= 0.3 is 0 Å². The van der Waals surface area contributed by atoms with Crippen molar-refractivity contribution in [3.63, 3.8) is 0 Å². The molecular formula is C15H19N3O2. The standard InChI is InChI=1S/C15H19N3O2/c1-16-15(12-6-7-17-18(12)2)11-4-5-13-14(10-11)20-9-3-8-19-13/h4-7,10,15-16H,3,8-9H2,1-2H3. The predicted octanol–water partition coefficient (Wildman–Crippen LogP) is 1.89. The summed E-state index contributed by atoms with van der Waals surface area (Å²) in [7, 11) is 3.89. The van der Waals surface area contributed by atoms with Crippen molar-refractivity contribution in [2.24, 2.45) is 7.05 Å². The monoisotopic (exact) mass is 273 g/mol. The first-order chi connectivity index (χ1) is 9.79. The SMILES string of the molecule is CNC(c1ccc2c(c1)OCCCO2)c1ccnn1C. The fourth-order valence-electron chi connectivity index (χ4n) is 2.51. The molecule has 1 atom stereocenters. The van der Waals surface area contributed by atoms with Crippen LogP contribution in [-0.4, -0.2) is 30.0 Å². The first kappa shape index (κ1) is 13.0. The van der Waals surface area contributed by atoms with E-state index in [2.05, 4.69) is 22.5 Å². The fraction of sp³-hybridized carbons (Fsp3) is 0.400. The lowest BCUT2D eigenvalue weighted by Crippen LogP contribution is -2.20. The van der Waals surface area contributed by atoms with Crippen LogP contribution in [0.1, 0.15) is 23.7 Å². The number of aryl methyl sites for hydroxylation is 1. The quantitative estimate of drug-likeness (QED) is 0.927. The number of hydrogen-bond acceptors (Lipinski definition) is 4. The Morgan fingerprint density at radius 2 is 2.00 bits per heavy atom. The molecule has 0 spiro atoms. The van der Waals surface area contributed by atoms with Crippen molar-refractivity contribution < 1.29 is 9.47 Å². The summed E-state index contributed by atoms with van der Waals surface area (Å²) < 4.78 is 13.3. The summed E-state index contributed by atoms with van der Waals surface area (Å²) >= 11 is 0. The molecule has 106 valence electrons. The van der Waals surface area contributed by atoms with Crippen LogP contribution in [0.5, 0.6) is 11.5 Å². The van der Waals surface area contributed by atoms with E-state index in [1.165, 1.54) is 0 Å². The van der Waals surface area contributed by atoms with Crippen LogP contribution in [-0.2, 0) is 7.05 Å². The number of nitrogens with zero attached hydrogens (tertiary/aromatic N) is 2. The summed E-state index contributed by atoms with van der Waals surface area (Å²) in [4.78, 5) is 0. The summed E-state index contributed by atoms with van der Waals surface area (Å²) in [6.45, 7) is 1.41. The molecule has 5 nitrogen and oxygen atoms in total. The van der Waals surface area contributed by atoms with E-state index in [1.807, 2.05) is 37.1 Å². The first-order valence-corrected chi connectivity index (χ1v) is 6.84. The second-order valence-corrected chi connectivity index (χ2v) is 4.86. The minimum atomic E-state index is 0.0830. The number of rotatable bonds is 3. The molecule has 3 rings (SSSR count). The van der Waals surface area contributed by atoms with Gasteiger partial charge in [-0.15, -0.1) is 0 Å². The molecule has 1 aliphatic heterocycles.